The number of ether oxygens (including phenoxy) is 1. The van der Waals surface area contributed by atoms with Crippen molar-refractivity contribution in [3.05, 3.63) is 34.9 Å². The maximum absolute atomic E-state index is 5.43. The maximum atomic E-state index is 5.43. The molecule has 15 heavy (non-hydrogen) atoms. The molecular weight excluding hydrogens is 252 g/mol. The molecule has 82 valence electrons. The van der Waals surface area contributed by atoms with Gasteiger partial charge in [-0.05, 0) is 28.5 Å². The molecule has 0 atom stereocenters. The number of benzene rings is 1. The van der Waals surface area contributed by atoms with Gasteiger partial charge in [0.25, 0.3) is 0 Å². The van der Waals surface area contributed by atoms with Gasteiger partial charge in [-0.2, -0.15) is 0 Å². The molecule has 1 aliphatic heterocycles. The second kappa shape index (κ2) is 4.26. The molecule has 0 N–H and O–H groups in total. The molecule has 0 aliphatic carbocycles. The van der Waals surface area contributed by atoms with Crippen LogP contribution in [0.25, 0.3) is 0 Å². The average Bonchev–Trinajstić information content (AvgIpc) is 2.63. The Labute approximate surface area is 100.0 Å². The van der Waals surface area contributed by atoms with Gasteiger partial charge in [-0.15, -0.1) is 0 Å². The highest BCUT2D eigenvalue weighted by Crippen LogP contribution is 2.31. The molecule has 0 saturated heterocycles. The highest BCUT2D eigenvalue weighted by molar-refractivity contribution is 9.09. The van der Waals surface area contributed by atoms with E-state index in [1.807, 2.05) is 0 Å². The lowest BCUT2D eigenvalue weighted by Gasteiger charge is -2.24. The first-order chi connectivity index (χ1) is 7.13. The van der Waals surface area contributed by atoms with Crippen molar-refractivity contribution >= 4 is 15.9 Å². The molecular formula is C13H17BrO. The summed E-state index contributed by atoms with van der Waals surface area (Å²) in [5.41, 5.74) is 4.40. The predicted molar refractivity (Wildman–Crippen MR) is 66.4 cm³/mol. The molecule has 1 aromatic rings. The van der Waals surface area contributed by atoms with Crippen LogP contribution >= 0.6 is 15.9 Å². The lowest BCUT2D eigenvalue weighted by molar-refractivity contribution is 0.134. The molecule has 0 fully saturated rings. The van der Waals surface area contributed by atoms with Gasteiger partial charge in [-0.3, -0.25) is 0 Å². The molecule has 0 spiro atoms. The lowest BCUT2D eigenvalue weighted by atomic mass is 9.81. The molecule has 0 amide bonds. The summed E-state index contributed by atoms with van der Waals surface area (Å²) in [6.45, 7) is 6.17. The van der Waals surface area contributed by atoms with Crippen LogP contribution in [0.4, 0.5) is 0 Å². The van der Waals surface area contributed by atoms with E-state index in [-0.39, 0.29) is 5.41 Å². The highest BCUT2D eigenvalue weighted by atomic mass is 79.9. The topological polar surface area (TPSA) is 9.23 Å². The maximum Gasteiger partial charge on any atom is 0.0725 e. The minimum Gasteiger partial charge on any atom is -0.372 e. The monoisotopic (exact) mass is 268 g/mol. The van der Waals surface area contributed by atoms with Gasteiger partial charge in [0, 0.05) is 5.33 Å². The molecule has 0 aromatic heterocycles. The van der Waals surface area contributed by atoms with E-state index in [1.165, 1.54) is 16.7 Å². The van der Waals surface area contributed by atoms with E-state index in [2.05, 4.69) is 48.0 Å². The van der Waals surface area contributed by atoms with Crippen molar-refractivity contribution in [1.82, 2.24) is 0 Å². The summed E-state index contributed by atoms with van der Waals surface area (Å²) < 4.78 is 5.43. The molecule has 1 aliphatic rings. The van der Waals surface area contributed by atoms with Crippen LogP contribution in [0.1, 0.15) is 37.0 Å². The Morgan fingerprint density at radius 1 is 1.27 bits per heavy atom. The number of fused-ring (bicyclic) bond motifs is 1. The Morgan fingerprint density at radius 2 is 2.00 bits per heavy atom. The van der Waals surface area contributed by atoms with Crippen molar-refractivity contribution in [3.63, 3.8) is 0 Å². The summed E-state index contributed by atoms with van der Waals surface area (Å²) >= 11 is 3.52. The van der Waals surface area contributed by atoms with E-state index < -0.39 is 0 Å². The molecule has 1 aromatic carbocycles. The minimum atomic E-state index is 0.251. The Balaban J connectivity index is 2.29. The van der Waals surface area contributed by atoms with E-state index in [1.54, 1.807) is 0 Å². The van der Waals surface area contributed by atoms with Crippen LogP contribution in [0.3, 0.4) is 0 Å². The third-order valence-corrected chi connectivity index (χ3v) is 3.62. The van der Waals surface area contributed by atoms with Gasteiger partial charge in [0.2, 0.25) is 0 Å². The van der Waals surface area contributed by atoms with Crippen LogP contribution in [0.5, 0.6) is 0 Å². The fourth-order valence-corrected chi connectivity index (χ4v) is 2.96. The van der Waals surface area contributed by atoms with Gasteiger partial charge in [0.05, 0.1) is 13.2 Å². The second-order valence-corrected chi connectivity index (χ2v) is 5.59. The van der Waals surface area contributed by atoms with Crippen LogP contribution in [0.15, 0.2) is 18.2 Å². The van der Waals surface area contributed by atoms with Gasteiger partial charge >= 0.3 is 0 Å². The summed E-state index contributed by atoms with van der Waals surface area (Å²) in [6.07, 6.45) is 1.16. The van der Waals surface area contributed by atoms with Crippen molar-refractivity contribution in [2.75, 3.05) is 5.33 Å². The van der Waals surface area contributed by atoms with E-state index in [0.717, 1.165) is 25.0 Å². The van der Waals surface area contributed by atoms with E-state index >= 15 is 0 Å². The predicted octanol–water partition coefficient (Wildman–Crippen LogP) is 3.78. The number of halogens is 1. The van der Waals surface area contributed by atoms with E-state index in [9.17, 15) is 0 Å². The highest BCUT2D eigenvalue weighted by Gasteiger charge is 2.21. The largest absolute Gasteiger partial charge is 0.372 e. The first kappa shape index (κ1) is 11.2. The summed E-state index contributed by atoms with van der Waals surface area (Å²) in [4.78, 5) is 0. The number of hydrogen-bond acceptors (Lipinski definition) is 1. The minimum absolute atomic E-state index is 0.251. The van der Waals surface area contributed by atoms with E-state index in [0.29, 0.717) is 0 Å². The van der Waals surface area contributed by atoms with Gasteiger partial charge in [0.1, 0.15) is 0 Å². The molecule has 0 radical (unpaired) electrons. The number of hydrogen-bond donors (Lipinski definition) is 0. The van der Waals surface area contributed by atoms with Gasteiger partial charge in [0.15, 0.2) is 0 Å². The van der Waals surface area contributed by atoms with Crippen molar-refractivity contribution < 1.29 is 4.74 Å². The third kappa shape index (κ3) is 2.26. The van der Waals surface area contributed by atoms with Gasteiger partial charge in [-0.1, -0.05) is 48.0 Å². The van der Waals surface area contributed by atoms with Crippen molar-refractivity contribution in [2.24, 2.45) is 0 Å². The summed E-state index contributed by atoms with van der Waals surface area (Å²) in [6, 6.07) is 6.77. The van der Waals surface area contributed by atoms with Crippen LogP contribution in [0.2, 0.25) is 0 Å². The molecule has 2 heteroatoms. The smallest absolute Gasteiger partial charge is 0.0725 e. The van der Waals surface area contributed by atoms with Crippen LogP contribution in [-0.2, 0) is 23.4 Å². The summed E-state index contributed by atoms with van der Waals surface area (Å²) in [5, 5.41) is 1.05. The van der Waals surface area contributed by atoms with Crippen molar-refractivity contribution in [1.29, 1.82) is 0 Å². The zero-order valence-corrected chi connectivity index (χ0v) is 10.9. The summed E-state index contributed by atoms with van der Waals surface area (Å²) in [7, 11) is 0. The fourth-order valence-electron chi connectivity index (χ4n) is 1.97. The van der Waals surface area contributed by atoms with Crippen LogP contribution < -0.4 is 0 Å². The normalized spacial score (nSPS) is 15.4. The average molecular weight is 269 g/mol. The Morgan fingerprint density at radius 3 is 2.73 bits per heavy atom. The molecule has 0 unspecified atom stereocenters. The standard InChI is InChI=1S/C13H17BrO/c1-13(2,5-6-14)12-4-3-10-8-15-9-11(10)7-12/h3-4,7H,5-6,8-9H2,1-2H3. The molecule has 0 saturated carbocycles. The van der Waals surface area contributed by atoms with Gasteiger partial charge < -0.3 is 4.74 Å². The van der Waals surface area contributed by atoms with Crippen molar-refractivity contribution in [3.8, 4) is 0 Å². The lowest BCUT2D eigenvalue weighted by Crippen LogP contribution is -2.17. The Hall–Kier alpha value is -0.340. The SMILES string of the molecule is CC(C)(CCBr)c1ccc2c(c1)COC2. The summed E-state index contributed by atoms with van der Waals surface area (Å²) in [5.74, 6) is 0. The number of rotatable bonds is 3. The Bertz CT molecular complexity index is 358. The van der Waals surface area contributed by atoms with Crippen LogP contribution in [-0.4, -0.2) is 5.33 Å². The second-order valence-electron chi connectivity index (χ2n) is 4.80. The molecule has 2 rings (SSSR count). The zero-order chi connectivity index (χ0) is 10.9. The quantitative estimate of drug-likeness (QED) is 0.759. The fraction of sp³-hybridized carbons (Fsp3) is 0.538. The van der Waals surface area contributed by atoms with E-state index in [4.69, 9.17) is 4.74 Å². The van der Waals surface area contributed by atoms with Crippen molar-refractivity contribution in [2.45, 2.75) is 38.9 Å². The Kier molecular flexibility index (Phi) is 3.17. The third-order valence-electron chi connectivity index (χ3n) is 3.22. The number of alkyl halides is 1. The molecule has 0 bridgehead atoms. The van der Waals surface area contributed by atoms with Crippen LogP contribution in [0, 0.1) is 0 Å². The first-order valence-corrected chi connectivity index (χ1v) is 6.51. The zero-order valence-electron chi connectivity index (χ0n) is 9.35. The first-order valence-electron chi connectivity index (χ1n) is 5.39. The molecule has 1 heterocycles. The molecule has 1 nitrogen and oxygen atoms in total. The van der Waals surface area contributed by atoms with Gasteiger partial charge in [-0.25, -0.2) is 0 Å².